The van der Waals surface area contributed by atoms with Crippen LogP contribution in [0.3, 0.4) is 0 Å². The highest BCUT2D eigenvalue weighted by atomic mass is 16.3. The summed E-state index contributed by atoms with van der Waals surface area (Å²) in [5.74, 6) is 1.22. The highest BCUT2D eigenvalue weighted by Gasteiger charge is 2.26. The summed E-state index contributed by atoms with van der Waals surface area (Å²) < 4.78 is 0. The molecule has 0 amide bonds. The SMILES string of the molecule is CN(CC(c1ccc(O)cc1)C1CCCCC1)N=O. The molecule has 4 nitrogen and oxygen atoms in total. The second-order valence-corrected chi connectivity index (χ2v) is 5.52. The Hall–Kier alpha value is -1.58. The van der Waals surface area contributed by atoms with E-state index in [1.807, 2.05) is 12.1 Å². The Morgan fingerprint density at radius 2 is 1.89 bits per heavy atom. The molecule has 19 heavy (non-hydrogen) atoms. The minimum Gasteiger partial charge on any atom is -0.508 e. The van der Waals surface area contributed by atoms with E-state index in [1.54, 1.807) is 19.2 Å². The van der Waals surface area contributed by atoms with Crippen LogP contribution in [-0.2, 0) is 0 Å². The summed E-state index contributed by atoms with van der Waals surface area (Å²) in [6, 6.07) is 7.37. The Morgan fingerprint density at radius 3 is 2.47 bits per heavy atom. The van der Waals surface area contributed by atoms with Gasteiger partial charge in [0.1, 0.15) is 5.75 Å². The smallest absolute Gasteiger partial charge is 0.115 e. The molecule has 0 radical (unpaired) electrons. The topological polar surface area (TPSA) is 52.9 Å². The lowest BCUT2D eigenvalue weighted by Crippen LogP contribution is -2.26. The minimum atomic E-state index is 0.285. The summed E-state index contributed by atoms with van der Waals surface area (Å²) in [6.45, 7) is 0.652. The van der Waals surface area contributed by atoms with Crippen LogP contribution in [0.25, 0.3) is 0 Å². The van der Waals surface area contributed by atoms with Crippen molar-refractivity contribution in [1.82, 2.24) is 5.01 Å². The van der Waals surface area contributed by atoms with Gasteiger partial charge in [0.05, 0.1) is 5.29 Å². The van der Waals surface area contributed by atoms with Crippen molar-refractivity contribution < 1.29 is 5.11 Å². The van der Waals surface area contributed by atoms with Gasteiger partial charge in [0, 0.05) is 19.5 Å². The van der Waals surface area contributed by atoms with Gasteiger partial charge in [-0.05, 0) is 36.5 Å². The number of benzene rings is 1. The molecular formula is C15H22N2O2. The van der Waals surface area contributed by atoms with E-state index in [2.05, 4.69) is 5.29 Å². The molecule has 1 saturated carbocycles. The van der Waals surface area contributed by atoms with Crippen molar-refractivity contribution in [2.24, 2.45) is 11.2 Å². The molecule has 0 aliphatic heterocycles. The molecule has 1 aliphatic carbocycles. The van der Waals surface area contributed by atoms with Crippen LogP contribution in [0.5, 0.6) is 5.75 Å². The number of phenols is 1. The largest absolute Gasteiger partial charge is 0.508 e. The molecule has 2 rings (SSSR count). The lowest BCUT2D eigenvalue weighted by Gasteiger charge is -2.32. The van der Waals surface area contributed by atoms with Gasteiger partial charge in [-0.25, -0.2) is 0 Å². The van der Waals surface area contributed by atoms with Gasteiger partial charge in [0.25, 0.3) is 0 Å². The fourth-order valence-corrected chi connectivity index (χ4v) is 3.10. The Morgan fingerprint density at radius 1 is 1.26 bits per heavy atom. The quantitative estimate of drug-likeness (QED) is 0.650. The normalized spacial score (nSPS) is 17.9. The van der Waals surface area contributed by atoms with Gasteiger partial charge in [-0.3, -0.25) is 5.01 Å². The first-order valence-electron chi connectivity index (χ1n) is 7.04. The lowest BCUT2D eigenvalue weighted by molar-refractivity contribution is 0.235. The lowest BCUT2D eigenvalue weighted by atomic mass is 9.76. The molecule has 104 valence electrons. The second-order valence-electron chi connectivity index (χ2n) is 5.52. The maximum atomic E-state index is 10.6. The monoisotopic (exact) mass is 262 g/mol. The molecule has 0 bridgehead atoms. The van der Waals surface area contributed by atoms with Crippen LogP contribution in [-0.4, -0.2) is 23.7 Å². The van der Waals surface area contributed by atoms with Crippen molar-refractivity contribution in [3.8, 4) is 5.75 Å². The molecule has 1 unspecified atom stereocenters. The molecule has 0 saturated heterocycles. The van der Waals surface area contributed by atoms with E-state index in [1.165, 1.54) is 42.7 Å². The molecule has 0 heterocycles. The predicted molar refractivity (Wildman–Crippen MR) is 75.8 cm³/mol. The number of likely N-dealkylation sites (N-methyl/N-ethyl adjacent to an activating group) is 1. The van der Waals surface area contributed by atoms with Crippen LogP contribution < -0.4 is 0 Å². The predicted octanol–water partition coefficient (Wildman–Crippen LogP) is 3.67. The van der Waals surface area contributed by atoms with Gasteiger partial charge in [-0.1, -0.05) is 31.4 Å². The molecule has 1 aliphatic rings. The molecular weight excluding hydrogens is 240 g/mol. The van der Waals surface area contributed by atoms with Gasteiger partial charge in [0.2, 0.25) is 0 Å². The van der Waals surface area contributed by atoms with Gasteiger partial charge in [-0.2, -0.15) is 0 Å². The second kappa shape index (κ2) is 6.55. The standard InChI is InChI=1S/C15H22N2O2/c1-17(16-19)11-15(12-5-3-2-4-6-12)13-7-9-14(18)10-8-13/h7-10,12,15,18H,2-6,11H2,1H3. The number of hydrogen-bond acceptors (Lipinski definition) is 3. The molecule has 1 aromatic carbocycles. The number of hydrogen-bond donors (Lipinski definition) is 1. The van der Waals surface area contributed by atoms with Crippen molar-refractivity contribution >= 4 is 0 Å². The molecule has 0 spiro atoms. The summed E-state index contributed by atoms with van der Waals surface area (Å²) >= 11 is 0. The zero-order valence-corrected chi connectivity index (χ0v) is 11.5. The van der Waals surface area contributed by atoms with E-state index in [9.17, 15) is 10.0 Å². The summed E-state index contributed by atoms with van der Waals surface area (Å²) in [7, 11) is 1.73. The number of nitroso groups, excluding NO2 is 1. The van der Waals surface area contributed by atoms with E-state index < -0.39 is 0 Å². The van der Waals surface area contributed by atoms with E-state index >= 15 is 0 Å². The molecule has 4 heteroatoms. The summed E-state index contributed by atoms with van der Waals surface area (Å²) in [5.41, 5.74) is 1.19. The molecule has 0 aromatic heterocycles. The van der Waals surface area contributed by atoms with Crippen LogP contribution >= 0.6 is 0 Å². The fourth-order valence-electron chi connectivity index (χ4n) is 3.10. The Balaban J connectivity index is 2.16. The zero-order chi connectivity index (χ0) is 13.7. The van der Waals surface area contributed by atoms with E-state index in [-0.39, 0.29) is 5.75 Å². The van der Waals surface area contributed by atoms with Crippen molar-refractivity contribution in [2.75, 3.05) is 13.6 Å². The number of aromatic hydroxyl groups is 1. The number of phenolic OH excluding ortho intramolecular Hbond substituents is 1. The Kier molecular flexibility index (Phi) is 4.77. The van der Waals surface area contributed by atoms with Crippen LogP contribution in [0.1, 0.15) is 43.6 Å². The molecule has 1 fully saturated rings. The van der Waals surface area contributed by atoms with E-state index in [0.29, 0.717) is 18.4 Å². The average Bonchev–Trinajstić information content (AvgIpc) is 2.46. The fraction of sp³-hybridized carbons (Fsp3) is 0.600. The first-order valence-corrected chi connectivity index (χ1v) is 7.04. The van der Waals surface area contributed by atoms with Crippen LogP contribution in [0.15, 0.2) is 29.6 Å². The van der Waals surface area contributed by atoms with Gasteiger partial charge >= 0.3 is 0 Å². The van der Waals surface area contributed by atoms with Gasteiger partial charge in [-0.15, -0.1) is 4.91 Å². The van der Waals surface area contributed by atoms with Crippen LogP contribution in [0.2, 0.25) is 0 Å². The maximum absolute atomic E-state index is 10.6. The molecule has 1 aromatic rings. The highest BCUT2D eigenvalue weighted by Crippen LogP contribution is 2.36. The Bertz CT molecular complexity index is 399. The summed E-state index contributed by atoms with van der Waals surface area (Å²) in [4.78, 5) is 10.6. The van der Waals surface area contributed by atoms with Crippen LogP contribution in [0.4, 0.5) is 0 Å². The first kappa shape index (κ1) is 13.8. The van der Waals surface area contributed by atoms with Crippen molar-refractivity contribution in [2.45, 2.75) is 38.0 Å². The van der Waals surface area contributed by atoms with E-state index in [4.69, 9.17) is 0 Å². The number of nitrogens with zero attached hydrogens (tertiary/aromatic N) is 2. The van der Waals surface area contributed by atoms with Crippen LogP contribution in [0, 0.1) is 10.8 Å². The Labute approximate surface area is 114 Å². The van der Waals surface area contributed by atoms with Crippen molar-refractivity contribution in [3.63, 3.8) is 0 Å². The third kappa shape index (κ3) is 3.69. The van der Waals surface area contributed by atoms with E-state index in [0.717, 1.165) is 0 Å². The molecule has 1 N–H and O–H groups in total. The molecule has 1 atom stereocenters. The highest BCUT2D eigenvalue weighted by molar-refractivity contribution is 5.29. The van der Waals surface area contributed by atoms with Crippen molar-refractivity contribution in [3.05, 3.63) is 34.7 Å². The van der Waals surface area contributed by atoms with Gasteiger partial charge in [0.15, 0.2) is 0 Å². The maximum Gasteiger partial charge on any atom is 0.115 e. The first-order chi connectivity index (χ1) is 9.20. The minimum absolute atomic E-state index is 0.285. The van der Waals surface area contributed by atoms with Crippen molar-refractivity contribution in [1.29, 1.82) is 0 Å². The average molecular weight is 262 g/mol. The summed E-state index contributed by atoms with van der Waals surface area (Å²) in [6.07, 6.45) is 6.31. The van der Waals surface area contributed by atoms with Gasteiger partial charge < -0.3 is 5.11 Å². The number of rotatable bonds is 5. The zero-order valence-electron chi connectivity index (χ0n) is 11.5. The summed E-state index contributed by atoms with van der Waals surface area (Å²) in [5, 5.41) is 13.9. The third-order valence-corrected chi connectivity index (χ3v) is 4.14. The third-order valence-electron chi connectivity index (χ3n) is 4.14.